The highest BCUT2D eigenvalue weighted by Crippen LogP contribution is 2.27. The van der Waals surface area contributed by atoms with E-state index in [4.69, 9.17) is 4.74 Å². The molecule has 1 aromatic rings. The molecule has 1 heterocycles. The van der Waals surface area contributed by atoms with Gasteiger partial charge in [0.2, 0.25) is 10.0 Å². The first kappa shape index (κ1) is 21.0. The van der Waals surface area contributed by atoms with Gasteiger partial charge in [0.15, 0.2) is 0 Å². The molecule has 0 saturated carbocycles. The molecule has 0 aliphatic carbocycles. The molecule has 1 aliphatic rings. The third kappa shape index (κ3) is 5.14. The van der Waals surface area contributed by atoms with Crippen molar-refractivity contribution < 1.29 is 26.7 Å². The average Bonchev–Trinajstić information content (AvgIpc) is 2.49. The molecule has 0 spiro atoms. The Morgan fingerprint density at radius 3 is 2.35 bits per heavy atom. The monoisotopic (exact) mass is 454 g/mol. The van der Waals surface area contributed by atoms with Gasteiger partial charge in [-0.2, -0.15) is 4.31 Å². The Bertz CT molecular complexity index is 788. The second-order valence-corrected chi connectivity index (χ2v) is 9.78. The number of rotatable bonds is 3. The predicted octanol–water partition coefficient (Wildman–Crippen LogP) is 3.41. The minimum absolute atomic E-state index is 0.108. The molecule has 0 unspecified atom stereocenters. The van der Waals surface area contributed by atoms with Crippen LogP contribution in [0.15, 0.2) is 21.5 Å². The van der Waals surface area contributed by atoms with Gasteiger partial charge in [0.25, 0.3) is 0 Å². The van der Waals surface area contributed by atoms with E-state index in [1.165, 1.54) is 0 Å². The summed E-state index contributed by atoms with van der Waals surface area (Å²) < 4.78 is 58.7. The highest BCUT2D eigenvalue weighted by Gasteiger charge is 2.33. The zero-order chi connectivity index (χ0) is 19.7. The van der Waals surface area contributed by atoms with Gasteiger partial charge in [-0.05, 0) is 55.6 Å². The quantitative estimate of drug-likeness (QED) is 0.709. The smallest absolute Gasteiger partial charge is 0.407 e. The Kier molecular flexibility index (Phi) is 6.29. The van der Waals surface area contributed by atoms with Crippen molar-refractivity contribution in [3.63, 3.8) is 0 Å². The molecule has 146 valence electrons. The molecule has 2 rings (SSSR count). The topological polar surface area (TPSA) is 75.7 Å². The predicted molar refractivity (Wildman–Crippen MR) is 95.2 cm³/mol. The Balaban J connectivity index is 2.03. The van der Waals surface area contributed by atoms with Gasteiger partial charge in [-0.3, -0.25) is 0 Å². The van der Waals surface area contributed by atoms with Crippen LogP contribution in [0.3, 0.4) is 0 Å². The van der Waals surface area contributed by atoms with Crippen LogP contribution >= 0.6 is 15.9 Å². The van der Waals surface area contributed by atoms with E-state index in [9.17, 15) is 22.0 Å². The number of hydrogen-bond donors (Lipinski definition) is 1. The van der Waals surface area contributed by atoms with E-state index in [2.05, 4.69) is 21.2 Å². The first-order chi connectivity index (χ1) is 11.9. The van der Waals surface area contributed by atoms with Gasteiger partial charge in [-0.15, -0.1) is 0 Å². The van der Waals surface area contributed by atoms with Crippen LogP contribution in [0.1, 0.15) is 33.6 Å². The zero-order valence-electron chi connectivity index (χ0n) is 14.7. The molecule has 1 aliphatic heterocycles. The molecule has 0 radical (unpaired) electrons. The molecular formula is C16H21BrF2N2O4S. The lowest BCUT2D eigenvalue weighted by atomic mass is 10.1. The van der Waals surface area contributed by atoms with Crippen molar-refractivity contribution in [3.8, 4) is 0 Å². The number of nitrogens with one attached hydrogen (secondary N) is 1. The minimum atomic E-state index is -4.09. The molecular weight excluding hydrogens is 434 g/mol. The molecule has 6 nitrogen and oxygen atoms in total. The Hall–Kier alpha value is -1.26. The number of carbonyl (C=O) groups is 1. The van der Waals surface area contributed by atoms with Crippen molar-refractivity contribution in [2.45, 2.75) is 50.2 Å². The van der Waals surface area contributed by atoms with Gasteiger partial charge in [-0.1, -0.05) is 0 Å². The fourth-order valence-electron chi connectivity index (χ4n) is 2.56. The number of sulfonamides is 1. The number of halogens is 3. The van der Waals surface area contributed by atoms with E-state index >= 15 is 0 Å². The number of hydrogen-bond acceptors (Lipinski definition) is 4. The molecule has 1 fully saturated rings. The normalized spacial score (nSPS) is 17.2. The molecule has 0 atom stereocenters. The summed E-state index contributed by atoms with van der Waals surface area (Å²) in [5, 5.41) is 2.70. The van der Waals surface area contributed by atoms with E-state index in [0.29, 0.717) is 18.9 Å². The van der Waals surface area contributed by atoms with Crippen molar-refractivity contribution in [1.29, 1.82) is 0 Å². The van der Waals surface area contributed by atoms with Crippen molar-refractivity contribution in [1.82, 2.24) is 9.62 Å². The second-order valence-electron chi connectivity index (χ2n) is 7.02. The molecule has 1 aromatic carbocycles. The van der Waals surface area contributed by atoms with Crippen LogP contribution in [-0.4, -0.2) is 43.5 Å². The number of ether oxygens (including phenoxy) is 1. The van der Waals surface area contributed by atoms with Gasteiger partial charge < -0.3 is 10.1 Å². The number of piperidine rings is 1. The van der Waals surface area contributed by atoms with Crippen LogP contribution in [0.25, 0.3) is 0 Å². The zero-order valence-corrected chi connectivity index (χ0v) is 17.1. The lowest BCUT2D eigenvalue weighted by Crippen LogP contribution is -2.47. The van der Waals surface area contributed by atoms with Crippen LogP contribution in [-0.2, 0) is 14.8 Å². The fourth-order valence-corrected chi connectivity index (χ4v) is 4.59. The largest absolute Gasteiger partial charge is 0.444 e. The summed E-state index contributed by atoms with van der Waals surface area (Å²) in [5.74, 6) is -2.01. The van der Waals surface area contributed by atoms with E-state index in [0.717, 1.165) is 10.4 Å². The van der Waals surface area contributed by atoms with E-state index in [1.54, 1.807) is 20.8 Å². The summed E-state index contributed by atoms with van der Waals surface area (Å²) in [4.78, 5) is 11.2. The molecule has 10 heteroatoms. The van der Waals surface area contributed by atoms with Crippen molar-refractivity contribution >= 4 is 32.0 Å². The first-order valence-electron chi connectivity index (χ1n) is 8.04. The highest BCUT2D eigenvalue weighted by atomic mass is 79.9. The summed E-state index contributed by atoms with van der Waals surface area (Å²) >= 11 is 2.87. The van der Waals surface area contributed by atoms with Crippen molar-refractivity contribution in [3.05, 3.63) is 28.2 Å². The Morgan fingerprint density at radius 1 is 1.23 bits per heavy atom. The standard InChI is InChI=1S/C16H21BrF2N2O4S/c1-16(2,3)25-15(22)20-10-4-6-21(7-5-10)26(23,24)14-8-11(17)12(18)9-13(14)19/h8-10H,4-7H2,1-3H3,(H,20,22). The molecule has 1 saturated heterocycles. The van der Waals surface area contributed by atoms with Crippen LogP contribution in [0.4, 0.5) is 13.6 Å². The third-order valence-electron chi connectivity index (χ3n) is 3.77. The summed E-state index contributed by atoms with van der Waals surface area (Å²) in [6, 6.07) is 1.22. The highest BCUT2D eigenvalue weighted by molar-refractivity contribution is 9.10. The van der Waals surface area contributed by atoms with Gasteiger partial charge in [0.1, 0.15) is 22.1 Å². The number of alkyl carbamates (subject to hydrolysis) is 1. The SMILES string of the molecule is CC(C)(C)OC(=O)NC1CCN(S(=O)(=O)c2cc(Br)c(F)cc2F)CC1. The number of benzene rings is 1. The maximum atomic E-state index is 13.9. The summed E-state index contributed by atoms with van der Waals surface area (Å²) in [5.41, 5.74) is -0.623. The maximum Gasteiger partial charge on any atom is 0.407 e. The average molecular weight is 455 g/mol. The van der Waals surface area contributed by atoms with E-state index in [-0.39, 0.29) is 23.6 Å². The van der Waals surface area contributed by atoms with Gasteiger partial charge in [-0.25, -0.2) is 22.0 Å². The van der Waals surface area contributed by atoms with Crippen LogP contribution in [0, 0.1) is 11.6 Å². The van der Waals surface area contributed by atoms with Crippen molar-refractivity contribution in [2.75, 3.05) is 13.1 Å². The van der Waals surface area contributed by atoms with E-state index in [1.807, 2.05) is 0 Å². The lowest BCUT2D eigenvalue weighted by molar-refractivity contribution is 0.0489. The minimum Gasteiger partial charge on any atom is -0.444 e. The van der Waals surface area contributed by atoms with E-state index < -0.39 is 38.2 Å². The molecule has 1 N–H and O–H groups in total. The Morgan fingerprint density at radius 2 is 1.81 bits per heavy atom. The molecule has 1 amide bonds. The van der Waals surface area contributed by atoms with Crippen LogP contribution in [0.5, 0.6) is 0 Å². The molecule has 0 aromatic heterocycles. The fraction of sp³-hybridized carbons (Fsp3) is 0.562. The Labute approximate surface area is 160 Å². The van der Waals surface area contributed by atoms with Gasteiger partial charge in [0, 0.05) is 25.2 Å². The number of nitrogens with zero attached hydrogens (tertiary/aromatic N) is 1. The van der Waals surface area contributed by atoms with Gasteiger partial charge in [0.05, 0.1) is 4.47 Å². The summed E-state index contributed by atoms with van der Waals surface area (Å²) in [6.45, 7) is 5.46. The number of carbonyl (C=O) groups excluding carboxylic acids is 1. The van der Waals surface area contributed by atoms with Crippen LogP contribution in [0.2, 0.25) is 0 Å². The third-order valence-corrected chi connectivity index (χ3v) is 6.29. The maximum absolute atomic E-state index is 13.9. The molecule has 0 bridgehead atoms. The van der Waals surface area contributed by atoms with Crippen LogP contribution < -0.4 is 5.32 Å². The summed E-state index contributed by atoms with van der Waals surface area (Å²) in [7, 11) is -4.09. The lowest BCUT2D eigenvalue weighted by Gasteiger charge is -2.32. The van der Waals surface area contributed by atoms with Gasteiger partial charge >= 0.3 is 6.09 Å². The van der Waals surface area contributed by atoms with Crippen molar-refractivity contribution in [2.24, 2.45) is 0 Å². The summed E-state index contributed by atoms with van der Waals surface area (Å²) in [6.07, 6.45) is 0.164. The molecule has 26 heavy (non-hydrogen) atoms. The number of amides is 1. The first-order valence-corrected chi connectivity index (χ1v) is 10.3. The second kappa shape index (κ2) is 7.77.